The van der Waals surface area contributed by atoms with Crippen LogP contribution in [0.3, 0.4) is 0 Å². The predicted molar refractivity (Wildman–Crippen MR) is 95.2 cm³/mol. The van der Waals surface area contributed by atoms with Gasteiger partial charge in [0.15, 0.2) is 0 Å². The molecule has 3 aromatic rings. The highest BCUT2D eigenvalue weighted by Gasteiger charge is 2.21. The van der Waals surface area contributed by atoms with Crippen LogP contribution in [0.4, 0.5) is 0 Å². The quantitative estimate of drug-likeness (QED) is 0.778. The minimum Gasteiger partial charge on any atom is -0.387 e. The fourth-order valence-corrected chi connectivity index (χ4v) is 3.13. The molecule has 0 radical (unpaired) electrons. The van der Waals surface area contributed by atoms with Gasteiger partial charge in [-0.25, -0.2) is 0 Å². The third kappa shape index (κ3) is 3.16. The van der Waals surface area contributed by atoms with Crippen molar-refractivity contribution in [3.63, 3.8) is 0 Å². The highest BCUT2D eigenvalue weighted by molar-refractivity contribution is 5.83. The maximum absolute atomic E-state index is 10.6. The molecule has 2 aromatic carbocycles. The molecule has 3 rings (SSSR count). The number of aromatic nitrogens is 1. The van der Waals surface area contributed by atoms with Crippen LogP contribution in [0, 0.1) is 0 Å². The maximum Gasteiger partial charge on any atom is 0.0942 e. The number of rotatable bonds is 5. The topological polar surface area (TPSA) is 28.4 Å². The van der Waals surface area contributed by atoms with Crippen molar-refractivity contribution in [1.29, 1.82) is 0 Å². The van der Waals surface area contributed by atoms with E-state index in [2.05, 4.69) is 60.9 Å². The lowest BCUT2D eigenvalue weighted by Gasteiger charge is -2.29. The van der Waals surface area contributed by atoms with Gasteiger partial charge in [-0.3, -0.25) is 4.90 Å². The zero-order valence-electron chi connectivity index (χ0n) is 14.0. The molecule has 3 nitrogen and oxygen atoms in total. The Balaban J connectivity index is 1.79. The van der Waals surface area contributed by atoms with Crippen molar-refractivity contribution >= 4 is 10.9 Å². The number of aryl methyl sites for hydroxylation is 1. The van der Waals surface area contributed by atoms with Crippen LogP contribution < -0.4 is 0 Å². The van der Waals surface area contributed by atoms with Crippen LogP contribution in [0.25, 0.3) is 10.9 Å². The first kappa shape index (κ1) is 15.8. The molecule has 3 heteroatoms. The molecular weight excluding hydrogens is 284 g/mol. The summed E-state index contributed by atoms with van der Waals surface area (Å²) < 4.78 is 2.16. The number of hydrogen-bond acceptors (Lipinski definition) is 2. The minimum atomic E-state index is -0.490. The second kappa shape index (κ2) is 6.57. The Bertz CT molecular complexity index is 779. The van der Waals surface area contributed by atoms with E-state index in [0.717, 1.165) is 12.1 Å². The fraction of sp³-hybridized carbons (Fsp3) is 0.300. The van der Waals surface area contributed by atoms with E-state index in [1.165, 1.54) is 16.5 Å². The van der Waals surface area contributed by atoms with Crippen LogP contribution in [-0.2, 0) is 13.6 Å². The predicted octanol–water partition coefficient (Wildman–Crippen LogP) is 3.73. The lowest BCUT2D eigenvalue weighted by molar-refractivity contribution is 0.0690. The first-order valence-electron chi connectivity index (χ1n) is 8.04. The van der Waals surface area contributed by atoms with Crippen molar-refractivity contribution in [2.45, 2.75) is 25.6 Å². The van der Waals surface area contributed by atoms with E-state index in [0.29, 0.717) is 0 Å². The van der Waals surface area contributed by atoms with Gasteiger partial charge >= 0.3 is 0 Å². The monoisotopic (exact) mass is 308 g/mol. The van der Waals surface area contributed by atoms with E-state index in [1.807, 2.05) is 30.3 Å². The van der Waals surface area contributed by atoms with Crippen molar-refractivity contribution in [1.82, 2.24) is 9.47 Å². The van der Waals surface area contributed by atoms with E-state index >= 15 is 0 Å². The van der Waals surface area contributed by atoms with Gasteiger partial charge in [0.1, 0.15) is 0 Å². The second-order valence-corrected chi connectivity index (χ2v) is 6.29. The summed E-state index contributed by atoms with van der Waals surface area (Å²) >= 11 is 0. The number of aliphatic hydroxyl groups is 1. The molecule has 0 amide bonds. The molecule has 0 fully saturated rings. The smallest absolute Gasteiger partial charge is 0.0942 e. The van der Waals surface area contributed by atoms with Crippen LogP contribution in [-0.4, -0.2) is 27.7 Å². The molecule has 0 aliphatic heterocycles. The zero-order chi connectivity index (χ0) is 16.4. The van der Waals surface area contributed by atoms with Gasteiger partial charge in [0.05, 0.1) is 6.10 Å². The summed E-state index contributed by atoms with van der Waals surface area (Å²) in [4.78, 5) is 2.21. The average molecular weight is 308 g/mol. The molecule has 0 aliphatic carbocycles. The second-order valence-electron chi connectivity index (χ2n) is 6.29. The molecule has 0 bridgehead atoms. The SMILES string of the molecule is C[C@H]([C@@H](O)c1ccccc1)N(C)Cc1cn(C)c2ccccc12. The fourth-order valence-electron chi connectivity index (χ4n) is 3.13. The van der Waals surface area contributed by atoms with Crippen LogP contribution in [0.5, 0.6) is 0 Å². The maximum atomic E-state index is 10.6. The summed E-state index contributed by atoms with van der Waals surface area (Å²) in [6.07, 6.45) is 1.69. The molecule has 0 aliphatic rings. The summed E-state index contributed by atoms with van der Waals surface area (Å²) in [6, 6.07) is 18.4. The van der Waals surface area contributed by atoms with Gasteiger partial charge in [-0.1, -0.05) is 48.5 Å². The summed E-state index contributed by atoms with van der Waals surface area (Å²) in [5.41, 5.74) is 3.50. The summed E-state index contributed by atoms with van der Waals surface area (Å²) in [5, 5.41) is 11.9. The first-order valence-corrected chi connectivity index (χ1v) is 8.04. The van der Waals surface area contributed by atoms with Crippen LogP contribution in [0.1, 0.15) is 24.2 Å². The summed E-state index contributed by atoms with van der Waals surface area (Å²) in [5.74, 6) is 0. The van der Waals surface area contributed by atoms with Gasteiger partial charge < -0.3 is 9.67 Å². The Hall–Kier alpha value is -2.10. The summed E-state index contributed by atoms with van der Waals surface area (Å²) in [6.45, 7) is 2.88. The van der Waals surface area contributed by atoms with E-state index in [4.69, 9.17) is 0 Å². The third-order valence-corrected chi connectivity index (χ3v) is 4.69. The molecule has 120 valence electrons. The van der Waals surface area contributed by atoms with Gasteiger partial charge in [-0.2, -0.15) is 0 Å². The van der Waals surface area contributed by atoms with Crippen molar-refractivity contribution in [3.8, 4) is 0 Å². The number of likely N-dealkylation sites (N-methyl/N-ethyl adjacent to an activating group) is 1. The van der Waals surface area contributed by atoms with E-state index in [9.17, 15) is 5.11 Å². The van der Waals surface area contributed by atoms with Gasteiger partial charge in [0.25, 0.3) is 0 Å². The molecule has 23 heavy (non-hydrogen) atoms. The first-order chi connectivity index (χ1) is 11.1. The van der Waals surface area contributed by atoms with Crippen molar-refractivity contribution in [2.24, 2.45) is 7.05 Å². The standard InChI is InChI=1S/C20H24N2O/c1-15(20(23)16-9-5-4-6-10-16)21(2)13-17-14-22(3)19-12-8-7-11-18(17)19/h4-12,14-15,20,23H,13H2,1-3H3/t15-,20-/m1/s1. The van der Waals surface area contributed by atoms with Gasteiger partial charge in [-0.15, -0.1) is 0 Å². The van der Waals surface area contributed by atoms with Gasteiger partial charge in [0, 0.05) is 36.7 Å². The Morgan fingerprint density at radius 2 is 1.70 bits per heavy atom. The van der Waals surface area contributed by atoms with E-state index in [1.54, 1.807) is 0 Å². The Morgan fingerprint density at radius 3 is 2.43 bits per heavy atom. The average Bonchev–Trinajstić information content (AvgIpc) is 2.90. The molecule has 0 spiro atoms. The van der Waals surface area contributed by atoms with Crippen molar-refractivity contribution < 1.29 is 5.11 Å². The van der Waals surface area contributed by atoms with Crippen molar-refractivity contribution in [2.75, 3.05) is 7.05 Å². The lowest BCUT2D eigenvalue weighted by atomic mass is 10.0. The number of benzene rings is 2. The molecule has 1 aromatic heterocycles. The number of aliphatic hydroxyl groups excluding tert-OH is 1. The highest BCUT2D eigenvalue weighted by atomic mass is 16.3. The van der Waals surface area contributed by atoms with Gasteiger partial charge in [-0.05, 0) is 31.2 Å². The Kier molecular flexibility index (Phi) is 4.51. The van der Waals surface area contributed by atoms with Crippen LogP contribution in [0.2, 0.25) is 0 Å². The van der Waals surface area contributed by atoms with E-state index in [-0.39, 0.29) is 6.04 Å². The Morgan fingerprint density at radius 1 is 1.04 bits per heavy atom. The normalized spacial score (nSPS) is 14.3. The molecule has 0 saturated heterocycles. The van der Waals surface area contributed by atoms with Crippen LogP contribution in [0.15, 0.2) is 60.8 Å². The number of nitrogens with zero attached hydrogens (tertiary/aromatic N) is 2. The number of hydrogen-bond donors (Lipinski definition) is 1. The molecule has 0 unspecified atom stereocenters. The number of fused-ring (bicyclic) bond motifs is 1. The minimum absolute atomic E-state index is 0.0383. The molecule has 0 saturated carbocycles. The van der Waals surface area contributed by atoms with Crippen LogP contribution >= 0.6 is 0 Å². The molecule has 1 N–H and O–H groups in total. The van der Waals surface area contributed by atoms with Gasteiger partial charge in [0.2, 0.25) is 0 Å². The van der Waals surface area contributed by atoms with Crippen molar-refractivity contribution in [3.05, 3.63) is 71.9 Å². The number of para-hydroxylation sites is 1. The van der Waals surface area contributed by atoms with E-state index < -0.39 is 6.10 Å². The highest BCUT2D eigenvalue weighted by Crippen LogP contribution is 2.25. The summed E-state index contributed by atoms with van der Waals surface area (Å²) in [7, 11) is 4.15. The molecular formula is C20H24N2O. The molecule has 2 atom stereocenters. The zero-order valence-corrected chi connectivity index (χ0v) is 14.0. The third-order valence-electron chi connectivity index (χ3n) is 4.69. The lowest BCUT2D eigenvalue weighted by Crippen LogP contribution is -2.33. The Labute approximate surface area is 137 Å². The molecule has 1 heterocycles. The largest absolute Gasteiger partial charge is 0.387 e.